The molecule has 1 unspecified atom stereocenters. The molecular weight excluding hydrogens is 286 g/mol. The number of aliphatic hydroxyl groups is 1. The number of amides is 1. The molecule has 2 aromatic rings. The second-order valence-corrected chi connectivity index (χ2v) is 6.21. The minimum Gasteiger partial charge on any atom is -0.394 e. The normalized spacial score (nSPS) is 14.0. The van der Waals surface area contributed by atoms with Crippen LogP contribution in [0.25, 0.3) is 0 Å². The number of benzene rings is 1. The van der Waals surface area contributed by atoms with Crippen LogP contribution >= 0.6 is 11.5 Å². The van der Waals surface area contributed by atoms with Crippen LogP contribution in [0.15, 0.2) is 30.3 Å². The largest absolute Gasteiger partial charge is 0.394 e. The van der Waals surface area contributed by atoms with Gasteiger partial charge in [0.05, 0.1) is 17.8 Å². The molecule has 2 N–H and O–H groups in total. The first kappa shape index (κ1) is 15.6. The third-order valence-electron chi connectivity index (χ3n) is 3.38. The highest BCUT2D eigenvalue weighted by Crippen LogP contribution is 2.24. The minimum absolute atomic E-state index is 0.126. The Morgan fingerprint density at radius 2 is 2.05 bits per heavy atom. The third kappa shape index (κ3) is 3.28. The van der Waals surface area contributed by atoms with Gasteiger partial charge < -0.3 is 10.4 Å². The molecular formula is C15H19N3O2S. The van der Waals surface area contributed by atoms with Crippen molar-refractivity contribution in [2.45, 2.75) is 32.2 Å². The summed E-state index contributed by atoms with van der Waals surface area (Å²) in [5.74, 6) is -0.129. The zero-order valence-electron chi connectivity index (χ0n) is 12.3. The molecule has 1 aromatic carbocycles. The van der Waals surface area contributed by atoms with E-state index in [0.717, 1.165) is 17.1 Å². The quantitative estimate of drug-likeness (QED) is 0.889. The maximum Gasteiger partial charge on any atom is 0.265 e. The van der Waals surface area contributed by atoms with E-state index in [2.05, 4.69) is 14.9 Å². The second-order valence-electron chi connectivity index (χ2n) is 5.45. The number of rotatable bonds is 5. The standard InChI is InChI=1S/C15H19N3O2S/c1-10(2)12-13(21-18-17-12)14(20)16-15(3,9-19)11-7-5-4-6-8-11/h4-8,10,19H,9H2,1-3H3,(H,16,20). The number of hydrogen-bond donors (Lipinski definition) is 2. The molecule has 1 amide bonds. The van der Waals surface area contributed by atoms with Gasteiger partial charge in [-0.1, -0.05) is 48.7 Å². The van der Waals surface area contributed by atoms with Gasteiger partial charge in [0.25, 0.3) is 5.91 Å². The summed E-state index contributed by atoms with van der Waals surface area (Å²) in [5.41, 5.74) is 0.701. The highest BCUT2D eigenvalue weighted by atomic mass is 32.1. The molecule has 5 nitrogen and oxygen atoms in total. The van der Waals surface area contributed by atoms with Crippen molar-refractivity contribution < 1.29 is 9.90 Å². The van der Waals surface area contributed by atoms with Gasteiger partial charge in [0.15, 0.2) is 0 Å². The van der Waals surface area contributed by atoms with Crippen molar-refractivity contribution in [3.05, 3.63) is 46.5 Å². The van der Waals surface area contributed by atoms with E-state index >= 15 is 0 Å². The lowest BCUT2D eigenvalue weighted by Gasteiger charge is -2.29. The first-order valence-electron chi connectivity index (χ1n) is 6.79. The van der Waals surface area contributed by atoms with Gasteiger partial charge in [-0.25, -0.2) is 0 Å². The lowest BCUT2D eigenvalue weighted by Crippen LogP contribution is -2.46. The molecule has 0 aliphatic carbocycles. The fourth-order valence-corrected chi connectivity index (χ4v) is 2.76. The van der Waals surface area contributed by atoms with Gasteiger partial charge in [-0.05, 0) is 29.9 Å². The minimum atomic E-state index is -0.837. The predicted octanol–water partition coefficient (Wildman–Crippen LogP) is 2.30. The first-order chi connectivity index (χ1) is 9.98. The van der Waals surface area contributed by atoms with Crippen molar-refractivity contribution in [1.29, 1.82) is 0 Å². The maximum atomic E-state index is 12.5. The van der Waals surface area contributed by atoms with Crippen molar-refractivity contribution >= 4 is 17.4 Å². The van der Waals surface area contributed by atoms with Crippen LogP contribution in [-0.2, 0) is 5.54 Å². The number of hydrogen-bond acceptors (Lipinski definition) is 5. The van der Waals surface area contributed by atoms with Crippen LogP contribution in [-0.4, -0.2) is 27.2 Å². The fourth-order valence-electron chi connectivity index (χ4n) is 2.05. The number of carbonyl (C=O) groups excluding carboxylic acids is 1. The van der Waals surface area contributed by atoms with Gasteiger partial charge in [-0.2, -0.15) is 0 Å². The molecule has 112 valence electrons. The number of aliphatic hydroxyl groups excluding tert-OH is 1. The summed E-state index contributed by atoms with van der Waals surface area (Å²) in [6.07, 6.45) is 0. The molecule has 6 heteroatoms. The summed E-state index contributed by atoms with van der Waals surface area (Å²) in [7, 11) is 0. The van der Waals surface area contributed by atoms with Crippen molar-refractivity contribution in [1.82, 2.24) is 14.9 Å². The molecule has 0 bridgehead atoms. The van der Waals surface area contributed by atoms with E-state index in [-0.39, 0.29) is 18.4 Å². The average molecular weight is 305 g/mol. The van der Waals surface area contributed by atoms with Crippen LogP contribution in [0.1, 0.15) is 47.6 Å². The van der Waals surface area contributed by atoms with Crippen molar-refractivity contribution in [2.24, 2.45) is 0 Å². The molecule has 1 atom stereocenters. The molecule has 0 aliphatic rings. The number of nitrogens with zero attached hydrogens (tertiary/aromatic N) is 2. The van der Waals surface area contributed by atoms with E-state index < -0.39 is 5.54 Å². The Kier molecular flexibility index (Phi) is 4.69. The summed E-state index contributed by atoms with van der Waals surface area (Å²) >= 11 is 1.08. The topological polar surface area (TPSA) is 75.1 Å². The summed E-state index contributed by atoms with van der Waals surface area (Å²) in [5, 5.41) is 16.6. The maximum absolute atomic E-state index is 12.5. The number of nitrogens with one attached hydrogen (secondary N) is 1. The van der Waals surface area contributed by atoms with Crippen molar-refractivity contribution in [3.8, 4) is 0 Å². The Balaban J connectivity index is 2.26. The van der Waals surface area contributed by atoms with Crippen LogP contribution in [0.2, 0.25) is 0 Å². The van der Waals surface area contributed by atoms with Gasteiger partial charge >= 0.3 is 0 Å². The molecule has 0 fully saturated rings. The Hall–Kier alpha value is -1.79. The highest BCUT2D eigenvalue weighted by molar-refractivity contribution is 7.08. The summed E-state index contributed by atoms with van der Waals surface area (Å²) < 4.78 is 3.86. The Morgan fingerprint density at radius 1 is 1.38 bits per heavy atom. The molecule has 0 radical (unpaired) electrons. The first-order valence-corrected chi connectivity index (χ1v) is 7.56. The summed E-state index contributed by atoms with van der Waals surface area (Å²) in [6, 6.07) is 9.41. The van der Waals surface area contributed by atoms with Crippen LogP contribution in [0.5, 0.6) is 0 Å². The lowest BCUT2D eigenvalue weighted by molar-refractivity contribution is 0.0852. The lowest BCUT2D eigenvalue weighted by atomic mass is 9.92. The SMILES string of the molecule is CC(C)c1nnsc1C(=O)NC(C)(CO)c1ccccc1. The van der Waals surface area contributed by atoms with Crippen LogP contribution in [0, 0.1) is 0 Å². The van der Waals surface area contributed by atoms with Gasteiger partial charge in [-0.15, -0.1) is 5.10 Å². The molecule has 1 aromatic heterocycles. The second kappa shape index (κ2) is 6.32. The smallest absolute Gasteiger partial charge is 0.265 e. The molecule has 1 heterocycles. The molecule has 2 rings (SSSR count). The molecule has 0 saturated carbocycles. The van der Waals surface area contributed by atoms with E-state index in [9.17, 15) is 9.90 Å². The van der Waals surface area contributed by atoms with Crippen LogP contribution in [0.3, 0.4) is 0 Å². The molecule has 0 aliphatic heterocycles. The van der Waals surface area contributed by atoms with Gasteiger partial charge in [0.2, 0.25) is 0 Å². The fraction of sp³-hybridized carbons (Fsp3) is 0.400. The van der Waals surface area contributed by atoms with E-state index in [1.54, 1.807) is 6.92 Å². The zero-order valence-corrected chi connectivity index (χ0v) is 13.1. The third-order valence-corrected chi connectivity index (χ3v) is 4.12. The van der Waals surface area contributed by atoms with Crippen molar-refractivity contribution in [2.75, 3.05) is 6.61 Å². The van der Waals surface area contributed by atoms with E-state index in [4.69, 9.17) is 0 Å². The molecule has 0 saturated heterocycles. The average Bonchev–Trinajstić information content (AvgIpc) is 2.98. The molecule has 0 spiro atoms. The number of carbonyl (C=O) groups is 1. The van der Waals surface area contributed by atoms with Gasteiger partial charge in [0, 0.05) is 0 Å². The van der Waals surface area contributed by atoms with E-state index in [1.165, 1.54) is 0 Å². The summed E-state index contributed by atoms with van der Waals surface area (Å²) in [4.78, 5) is 13.0. The monoisotopic (exact) mass is 305 g/mol. The Bertz CT molecular complexity index is 612. The van der Waals surface area contributed by atoms with E-state index in [0.29, 0.717) is 10.6 Å². The van der Waals surface area contributed by atoms with E-state index in [1.807, 2.05) is 44.2 Å². The van der Waals surface area contributed by atoms with Crippen LogP contribution < -0.4 is 5.32 Å². The highest BCUT2D eigenvalue weighted by Gasteiger charge is 2.30. The summed E-state index contributed by atoms with van der Waals surface area (Å²) in [6.45, 7) is 5.54. The molecule has 21 heavy (non-hydrogen) atoms. The van der Waals surface area contributed by atoms with Gasteiger partial charge in [-0.3, -0.25) is 4.79 Å². The van der Waals surface area contributed by atoms with Crippen LogP contribution in [0.4, 0.5) is 0 Å². The van der Waals surface area contributed by atoms with Gasteiger partial charge in [0.1, 0.15) is 4.88 Å². The number of aromatic nitrogens is 2. The Morgan fingerprint density at radius 3 is 2.62 bits per heavy atom. The Labute approximate surface area is 128 Å². The predicted molar refractivity (Wildman–Crippen MR) is 82.3 cm³/mol. The zero-order chi connectivity index (χ0) is 15.5. The van der Waals surface area contributed by atoms with Crippen molar-refractivity contribution in [3.63, 3.8) is 0 Å².